The van der Waals surface area contributed by atoms with Gasteiger partial charge in [0.25, 0.3) is 0 Å². The molecule has 3 aromatic heterocycles. The summed E-state index contributed by atoms with van der Waals surface area (Å²) in [6, 6.07) is 8.32. The summed E-state index contributed by atoms with van der Waals surface area (Å²) < 4.78 is 68.0. The Labute approximate surface area is 206 Å². The summed E-state index contributed by atoms with van der Waals surface area (Å²) >= 11 is 0. The van der Waals surface area contributed by atoms with E-state index in [1.165, 1.54) is 17.0 Å². The van der Waals surface area contributed by atoms with Gasteiger partial charge in [0.1, 0.15) is 0 Å². The van der Waals surface area contributed by atoms with Crippen molar-refractivity contribution in [1.29, 1.82) is 0 Å². The molecular weight excluding hydrogens is 512 g/mol. The van der Waals surface area contributed by atoms with E-state index in [0.29, 0.717) is 0 Å². The number of aryl methyl sites for hydroxylation is 1. The molecule has 3 aromatic rings. The molecule has 1 aliphatic rings. The molecule has 0 fully saturated rings. The van der Waals surface area contributed by atoms with Crippen LogP contribution in [0.25, 0.3) is 0 Å². The highest BCUT2D eigenvalue weighted by molar-refractivity contribution is 5.73. The number of fused-ring (bicyclic) bond motifs is 1. The van der Waals surface area contributed by atoms with E-state index in [0.717, 1.165) is 39.1 Å². The molecule has 0 aliphatic carbocycles. The summed E-state index contributed by atoms with van der Waals surface area (Å²) in [5.41, 5.74) is 3.85. The summed E-state index contributed by atoms with van der Waals surface area (Å²) in [6.07, 6.45) is 0.930. The number of halogens is 6. The van der Waals surface area contributed by atoms with Gasteiger partial charge in [0.05, 0.1) is 24.3 Å². The maximum Gasteiger partial charge on any atom is 0.490 e. The van der Waals surface area contributed by atoms with Crippen molar-refractivity contribution < 1.29 is 46.1 Å². The number of hydrogen-bond acceptors (Lipinski definition) is 5. The Bertz CT molecular complexity index is 1110. The second-order valence-corrected chi connectivity index (χ2v) is 7.71. The van der Waals surface area contributed by atoms with Crippen LogP contribution in [0, 0.1) is 0 Å². The van der Waals surface area contributed by atoms with Crippen LogP contribution in [0.3, 0.4) is 0 Å². The van der Waals surface area contributed by atoms with E-state index in [-0.39, 0.29) is 0 Å². The molecule has 0 saturated carbocycles. The van der Waals surface area contributed by atoms with E-state index < -0.39 is 24.3 Å². The third-order valence-corrected chi connectivity index (χ3v) is 4.92. The van der Waals surface area contributed by atoms with Crippen LogP contribution in [0.5, 0.6) is 0 Å². The summed E-state index contributed by atoms with van der Waals surface area (Å²) in [7, 11) is 0. The maximum atomic E-state index is 10.6. The van der Waals surface area contributed by atoms with Gasteiger partial charge < -0.3 is 19.3 Å². The molecule has 2 N–H and O–H groups in total. The SMILES string of the molecule is O=C(O)C(F)(F)F.O=C(O)C(F)(F)F.c1ccn(Cc2ncn3c2CN(Cc2ccncc2)CCC3)c1. The summed E-state index contributed by atoms with van der Waals surface area (Å²) in [4.78, 5) is 29.1. The second-order valence-electron chi connectivity index (χ2n) is 7.71. The summed E-state index contributed by atoms with van der Waals surface area (Å²) in [5, 5.41) is 14.2. The van der Waals surface area contributed by atoms with Crippen molar-refractivity contribution in [3.05, 3.63) is 72.3 Å². The molecule has 0 unspecified atom stereocenters. The molecule has 4 rings (SSSR count). The Morgan fingerprint density at radius 3 is 1.95 bits per heavy atom. The minimum absolute atomic E-state index is 0.846. The number of hydrogen-bond donors (Lipinski definition) is 2. The number of rotatable bonds is 4. The zero-order chi connectivity index (χ0) is 27.6. The van der Waals surface area contributed by atoms with Gasteiger partial charge in [-0.3, -0.25) is 9.88 Å². The molecule has 9 nitrogen and oxygen atoms in total. The fraction of sp³-hybridized carbons (Fsp3) is 0.364. The third kappa shape index (κ3) is 9.95. The fourth-order valence-corrected chi connectivity index (χ4v) is 3.24. The molecule has 0 spiro atoms. The number of carboxylic acid groups (broad SMARTS) is 2. The molecule has 0 amide bonds. The lowest BCUT2D eigenvalue weighted by atomic mass is 10.2. The molecule has 15 heteroatoms. The smallest absolute Gasteiger partial charge is 0.475 e. The standard InChI is InChI=1S/C18H21N5.2C2HF3O2/c1-2-9-21(8-1)13-17-18-14-22(10-3-11-23(18)15-20-17)12-16-4-6-19-7-5-16;2*3-2(4,5)1(6)7/h1-2,4-9,15H,3,10-14H2;2*(H,6,7). The average Bonchev–Trinajstić information content (AvgIpc) is 3.40. The number of carboxylic acids is 2. The lowest BCUT2D eigenvalue weighted by Gasteiger charge is -2.20. The van der Waals surface area contributed by atoms with Gasteiger partial charge in [-0.1, -0.05) is 0 Å². The van der Waals surface area contributed by atoms with Crippen molar-refractivity contribution >= 4 is 11.9 Å². The first-order chi connectivity index (χ1) is 17.3. The van der Waals surface area contributed by atoms with Gasteiger partial charge in [-0.15, -0.1) is 0 Å². The Hall–Kier alpha value is -3.88. The van der Waals surface area contributed by atoms with Crippen LogP contribution in [0.4, 0.5) is 26.3 Å². The number of carbonyl (C=O) groups is 2. The average molecular weight is 535 g/mol. The van der Waals surface area contributed by atoms with E-state index in [9.17, 15) is 26.3 Å². The molecule has 0 atom stereocenters. The number of pyridine rings is 1. The zero-order valence-electron chi connectivity index (χ0n) is 19.2. The van der Waals surface area contributed by atoms with Crippen LogP contribution in [0.2, 0.25) is 0 Å². The second kappa shape index (κ2) is 12.9. The quantitative estimate of drug-likeness (QED) is 0.489. The molecular formula is C22H23F6N5O4. The van der Waals surface area contributed by atoms with Gasteiger partial charge in [0, 0.05) is 51.0 Å². The molecule has 1 aliphatic heterocycles. The van der Waals surface area contributed by atoms with Crippen LogP contribution >= 0.6 is 0 Å². The Kier molecular flexibility index (Phi) is 10.2. The number of aliphatic carboxylic acids is 2. The predicted molar refractivity (Wildman–Crippen MR) is 116 cm³/mol. The minimum atomic E-state index is -5.08. The van der Waals surface area contributed by atoms with E-state index in [2.05, 4.69) is 60.7 Å². The van der Waals surface area contributed by atoms with E-state index in [1.807, 2.05) is 18.7 Å². The number of imidazole rings is 1. The fourth-order valence-electron chi connectivity index (χ4n) is 3.24. The van der Waals surface area contributed by atoms with Crippen LogP contribution in [-0.2, 0) is 35.8 Å². The highest BCUT2D eigenvalue weighted by Gasteiger charge is 2.38. The van der Waals surface area contributed by atoms with Crippen molar-refractivity contribution in [2.45, 2.75) is 45.0 Å². The highest BCUT2D eigenvalue weighted by atomic mass is 19.4. The Balaban J connectivity index is 0.000000286. The first kappa shape index (κ1) is 29.4. The number of aromatic nitrogens is 4. The van der Waals surface area contributed by atoms with Crippen LogP contribution in [-0.4, -0.2) is 65.1 Å². The molecule has 0 saturated heterocycles. The van der Waals surface area contributed by atoms with Crippen molar-refractivity contribution in [1.82, 2.24) is 24.0 Å². The van der Waals surface area contributed by atoms with Crippen molar-refractivity contribution in [2.75, 3.05) is 6.54 Å². The lowest BCUT2D eigenvalue weighted by Crippen LogP contribution is -2.23. The van der Waals surface area contributed by atoms with Crippen molar-refractivity contribution in [3.63, 3.8) is 0 Å². The minimum Gasteiger partial charge on any atom is -0.475 e. The normalized spacial score (nSPS) is 13.8. The monoisotopic (exact) mass is 535 g/mol. The van der Waals surface area contributed by atoms with Gasteiger partial charge in [-0.05, 0) is 36.2 Å². The molecule has 4 heterocycles. The Morgan fingerprint density at radius 1 is 0.892 bits per heavy atom. The van der Waals surface area contributed by atoms with E-state index in [1.54, 1.807) is 0 Å². The van der Waals surface area contributed by atoms with Gasteiger partial charge in [-0.2, -0.15) is 26.3 Å². The number of nitrogens with zero attached hydrogens (tertiary/aromatic N) is 5. The molecule has 0 bridgehead atoms. The third-order valence-electron chi connectivity index (χ3n) is 4.92. The largest absolute Gasteiger partial charge is 0.490 e. The topological polar surface area (TPSA) is 113 Å². The summed E-state index contributed by atoms with van der Waals surface area (Å²) in [6.45, 7) is 4.95. The molecule has 0 radical (unpaired) electrons. The molecule has 202 valence electrons. The van der Waals surface area contributed by atoms with Gasteiger partial charge in [0.15, 0.2) is 0 Å². The first-order valence-corrected chi connectivity index (χ1v) is 10.6. The van der Waals surface area contributed by atoms with Crippen LogP contribution in [0.1, 0.15) is 23.4 Å². The van der Waals surface area contributed by atoms with Gasteiger partial charge in [0.2, 0.25) is 0 Å². The molecule has 37 heavy (non-hydrogen) atoms. The van der Waals surface area contributed by atoms with Crippen LogP contribution in [0.15, 0.2) is 55.4 Å². The summed E-state index contributed by atoms with van der Waals surface area (Å²) in [5.74, 6) is -5.51. The number of alkyl halides is 6. The first-order valence-electron chi connectivity index (χ1n) is 10.6. The van der Waals surface area contributed by atoms with Gasteiger partial charge >= 0.3 is 24.3 Å². The predicted octanol–water partition coefficient (Wildman–Crippen LogP) is 3.80. The van der Waals surface area contributed by atoms with Crippen LogP contribution < -0.4 is 0 Å². The van der Waals surface area contributed by atoms with Gasteiger partial charge in [-0.25, -0.2) is 14.6 Å². The zero-order valence-corrected chi connectivity index (χ0v) is 19.2. The Morgan fingerprint density at radius 2 is 1.43 bits per heavy atom. The molecule has 0 aromatic carbocycles. The lowest BCUT2D eigenvalue weighted by molar-refractivity contribution is -0.193. The van der Waals surface area contributed by atoms with Crippen molar-refractivity contribution in [3.8, 4) is 0 Å². The van der Waals surface area contributed by atoms with E-state index in [4.69, 9.17) is 19.8 Å². The van der Waals surface area contributed by atoms with E-state index >= 15 is 0 Å². The highest BCUT2D eigenvalue weighted by Crippen LogP contribution is 2.19. The maximum absolute atomic E-state index is 10.6. The van der Waals surface area contributed by atoms with Crippen molar-refractivity contribution in [2.24, 2.45) is 0 Å².